The van der Waals surface area contributed by atoms with Crippen molar-refractivity contribution in [3.05, 3.63) is 25.3 Å². The largest absolute Gasteiger partial charge is 0.466 e. The molecule has 0 rings (SSSR count). The molecule has 0 aromatic heterocycles. The Morgan fingerprint density at radius 3 is 1.67 bits per heavy atom. The summed E-state index contributed by atoms with van der Waals surface area (Å²) < 4.78 is 10.8. The number of rotatable bonds is 21. The highest BCUT2D eigenvalue weighted by molar-refractivity contribution is 5.81. The molecule has 0 saturated carbocycles. The lowest BCUT2D eigenvalue weighted by atomic mass is 9.83. The van der Waals surface area contributed by atoms with Crippen molar-refractivity contribution in [2.75, 3.05) is 13.2 Å². The van der Waals surface area contributed by atoms with E-state index in [9.17, 15) is 9.59 Å². The van der Waals surface area contributed by atoms with Crippen molar-refractivity contribution in [2.45, 2.75) is 110 Å². The molecule has 0 aliphatic carbocycles. The Morgan fingerprint density at radius 1 is 0.700 bits per heavy atom. The molecule has 4 nitrogen and oxygen atoms in total. The molecule has 30 heavy (non-hydrogen) atoms. The highest BCUT2D eigenvalue weighted by Crippen LogP contribution is 2.29. The van der Waals surface area contributed by atoms with Gasteiger partial charge in [0.05, 0.1) is 13.2 Å². The Bertz CT molecular complexity index is 462. The highest BCUT2D eigenvalue weighted by Gasteiger charge is 2.33. The summed E-state index contributed by atoms with van der Waals surface area (Å²) in [6.07, 6.45) is 18.3. The van der Waals surface area contributed by atoms with Crippen molar-refractivity contribution in [2.24, 2.45) is 5.41 Å². The summed E-state index contributed by atoms with van der Waals surface area (Å²) >= 11 is 0. The fraction of sp³-hybridized carbons (Fsp3) is 0.769. The standard InChI is InChI=1S/C26H46O4/c1-5-9-11-13-15-17-22-29-24(27)20-19-21-26(7-3,8-4)25(28)30-23-18-16-14-12-10-6-2/h7-8H,3-6,9-23H2,1-2H3. The third-order valence-electron chi connectivity index (χ3n) is 5.57. The molecule has 0 aliphatic heterocycles. The van der Waals surface area contributed by atoms with E-state index in [4.69, 9.17) is 9.47 Å². The van der Waals surface area contributed by atoms with Crippen LogP contribution in [0, 0.1) is 5.41 Å². The number of ether oxygens (including phenoxy) is 2. The number of esters is 2. The van der Waals surface area contributed by atoms with Crippen molar-refractivity contribution in [3.8, 4) is 0 Å². The number of unbranched alkanes of at least 4 members (excludes halogenated alkanes) is 10. The monoisotopic (exact) mass is 422 g/mol. The van der Waals surface area contributed by atoms with Gasteiger partial charge in [-0.15, -0.1) is 13.2 Å². The maximum Gasteiger partial charge on any atom is 0.319 e. The molecule has 0 unspecified atom stereocenters. The third-order valence-corrected chi connectivity index (χ3v) is 5.57. The van der Waals surface area contributed by atoms with E-state index in [2.05, 4.69) is 27.0 Å². The summed E-state index contributed by atoms with van der Waals surface area (Å²) in [7, 11) is 0. The van der Waals surface area contributed by atoms with Gasteiger partial charge in [0.15, 0.2) is 0 Å². The molecule has 0 amide bonds. The van der Waals surface area contributed by atoms with Gasteiger partial charge in [-0.3, -0.25) is 9.59 Å². The van der Waals surface area contributed by atoms with E-state index in [1.807, 2.05) is 0 Å². The highest BCUT2D eigenvalue weighted by atomic mass is 16.5. The predicted octanol–water partition coefficient (Wildman–Crippen LogP) is 7.32. The topological polar surface area (TPSA) is 52.6 Å². The lowest BCUT2D eigenvalue weighted by molar-refractivity contribution is -0.151. The van der Waals surface area contributed by atoms with Crippen LogP contribution in [0.4, 0.5) is 0 Å². The second kappa shape index (κ2) is 19.4. The molecule has 0 spiro atoms. The second-order valence-electron chi connectivity index (χ2n) is 8.19. The van der Waals surface area contributed by atoms with Gasteiger partial charge in [-0.25, -0.2) is 0 Å². The summed E-state index contributed by atoms with van der Waals surface area (Å²) in [5.74, 6) is -0.521. The van der Waals surface area contributed by atoms with E-state index >= 15 is 0 Å². The third kappa shape index (κ3) is 13.6. The lowest BCUT2D eigenvalue weighted by Gasteiger charge is -2.24. The molecule has 0 radical (unpaired) electrons. The smallest absolute Gasteiger partial charge is 0.319 e. The zero-order valence-electron chi connectivity index (χ0n) is 19.7. The summed E-state index contributed by atoms with van der Waals surface area (Å²) in [5, 5.41) is 0. The summed E-state index contributed by atoms with van der Waals surface area (Å²) in [6, 6.07) is 0. The van der Waals surface area contributed by atoms with Crippen LogP contribution in [0.3, 0.4) is 0 Å². The van der Waals surface area contributed by atoms with E-state index in [0.717, 1.165) is 25.7 Å². The molecule has 0 heterocycles. The van der Waals surface area contributed by atoms with Gasteiger partial charge < -0.3 is 9.47 Å². The van der Waals surface area contributed by atoms with Gasteiger partial charge in [-0.05, 0) is 25.7 Å². The molecule has 0 N–H and O–H groups in total. The molecule has 0 bridgehead atoms. The van der Waals surface area contributed by atoms with Gasteiger partial charge in [-0.1, -0.05) is 90.2 Å². The number of hydrogen-bond acceptors (Lipinski definition) is 4. The van der Waals surface area contributed by atoms with Crippen LogP contribution in [-0.2, 0) is 19.1 Å². The fourth-order valence-electron chi connectivity index (χ4n) is 3.40. The minimum Gasteiger partial charge on any atom is -0.466 e. The van der Waals surface area contributed by atoms with E-state index in [0.29, 0.717) is 32.5 Å². The van der Waals surface area contributed by atoms with Crippen molar-refractivity contribution >= 4 is 11.9 Å². The average Bonchev–Trinajstić information content (AvgIpc) is 2.75. The van der Waals surface area contributed by atoms with E-state index in [1.165, 1.54) is 51.4 Å². The Morgan fingerprint density at radius 2 is 1.17 bits per heavy atom. The van der Waals surface area contributed by atoms with Crippen molar-refractivity contribution in [1.29, 1.82) is 0 Å². The maximum atomic E-state index is 12.6. The lowest BCUT2D eigenvalue weighted by Crippen LogP contribution is -2.29. The van der Waals surface area contributed by atoms with E-state index in [-0.39, 0.29) is 11.9 Å². The first-order chi connectivity index (χ1) is 14.6. The van der Waals surface area contributed by atoms with Crippen LogP contribution in [0.15, 0.2) is 25.3 Å². The van der Waals surface area contributed by atoms with Gasteiger partial charge in [0.25, 0.3) is 0 Å². The van der Waals surface area contributed by atoms with Crippen LogP contribution in [0.2, 0.25) is 0 Å². The van der Waals surface area contributed by atoms with Crippen molar-refractivity contribution < 1.29 is 19.1 Å². The Kier molecular flexibility index (Phi) is 18.4. The van der Waals surface area contributed by atoms with Crippen LogP contribution in [0.25, 0.3) is 0 Å². The first-order valence-electron chi connectivity index (χ1n) is 12.2. The maximum absolute atomic E-state index is 12.6. The van der Waals surface area contributed by atoms with E-state index in [1.54, 1.807) is 12.2 Å². The van der Waals surface area contributed by atoms with Crippen LogP contribution < -0.4 is 0 Å². The number of hydrogen-bond donors (Lipinski definition) is 0. The molecule has 0 aromatic carbocycles. The van der Waals surface area contributed by atoms with Crippen molar-refractivity contribution in [1.82, 2.24) is 0 Å². The zero-order valence-corrected chi connectivity index (χ0v) is 19.7. The molecule has 174 valence electrons. The van der Waals surface area contributed by atoms with Crippen molar-refractivity contribution in [3.63, 3.8) is 0 Å². The number of carbonyl (C=O) groups excluding carboxylic acids is 2. The Balaban J connectivity index is 4.07. The molecule has 0 aliphatic rings. The van der Waals surface area contributed by atoms with E-state index < -0.39 is 5.41 Å². The van der Waals surface area contributed by atoms with Gasteiger partial charge in [-0.2, -0.15) is 0 Å². The SMILES string of the molecule is C=CC(C=C)(CCCC(=O)OCCCCCCCC)C(=O)OCCCCCCCC. The minimum atomic E-state index is -0.929. The quantitative estimate of drug-likeness (QED) is 0.110. The molecular formula is C26H46O4. The predicted molar refractivity (Wildman–Crippen MR) is 125 cm³/mol. The molecule has 4 heteroatoms. The summed E-state index contributed by atoms with van der Waals surface area (Å²) in [5.41, 5.74) is -0.929. The second-order valence-corrected chi connectivity index (χ2v) is 8.19. The van der Waals surface area contributed by atoms with Crippen LogP contribution in [-0.4, -0.2) is 25.2 Å². The van der Waals surface area contributed by atoms with Crippen LogP contribution in [0.1, 0.15) is 110 Å². The fourth-order valence-corrected chi connectivity index (χ4v) is 3.40. The molecule has 0 saturated heterocycles. The average molecular weight is 423 g/mol. The Labute approximate surface area is 185 Å². The van der Waals surface area contributed by atoms with Gasteiger partial charge >= 0.3 is 11.9 Å². The molecular weight excluding hydrogens is 376 g/mol. The normalized spacial score (nSPS) is 11.1. The minimum absolute atomic E-state index is 0.203. The molecule has 0 atom stereocenters. The van der Waals surface area contributed by atoms with Gasteiger partial charge in [0, 0.05) is 6.42 Å². The van der Waals surface area contributed by atoms with Crippen LogP contribution in [0.5, 0.6) is 0 Å². The molecule has 0 aromatic rings. The first-order valence-corrected chi connectivity index (χ1v) is 12.2. The van der Waals surface area contributed by atoms with Gasteiger partial charge in [0.2, 0.25) is 0 Å². The Hall–Kier alpha value is -1.58. The van der Waals surface area contributed by atoms with Gasteiger partial charge in [0.1, 0.15) is 5.41 Å². The zero-order chi connectivity index (χ0) is 22.5. The molecule has 0 fully saturated rings. The van der Waals surface area contributed by atoms with Crippen LogP contribution >= 0.6 is 0 Å². The summed E-state index contributed by atoms with van der Waals surface area (Å²) in [4.78, 5) is 24.5. The number of carbonyl (C=O) groups is 2. The first kappa shape index (κ1) is 28.4. The summed E-state index contributed by atoms with van der Waals surface area (Å²) in [6.45, 7) is 12.9.